The molecule has 0 aliphatic carbocycles. The number of likely N-dealkylation sites (tertiary alicyclic amines) is 1. The van der Waals surface area contributed by atoms with Crippen LogP contribution in [0.1, 0.15) is 72.3 Å². The molecule has 0 radical (unpaired) electrons. The number of ether oxygens (including phenoxy) is 6. The second-order valence-electron chi connectivity index (χ2n) is 17.8. The fourth-order valence-electron chi connectivity index (χ4n) is 6.58. The van der Waals surface area contributed by atoms with Crippen molar-refractivity contribution in [3.05, 3.63) is 23.8 Å². The fourth-order valence-corrected chi connectivity index (χ4v) is 6.58. The molecule has 22 heteroatoms. The molecule has 6 atom stereocenters. The average Bonchev–Trinajstić information content (AvgIpc) is 3.54. The molecule has 2 saturated heterocycles. The van der Waals surface area contributed by atoms with E-state index in [1.807, 2.05) is 39.8 Å². The number of hydrogen-bond acceptors (Lipinski definition) is 17. The number of nitrogens with zero attached hydrogens (tertiary/aromatic N) is 3. The Morgan fingerprint density at radius 3 is 2.26 bits per heavy atom. The minimum Gasteiger partial charge on any atom is -0.479 e. The predicted molar refractivity (Wildman–Crippen MR) is 234 cm³/mol. The summed E-state index contributed by atoms with van der Waals surface area (Å²) in [5, 5.41) is 45.8. The number of anilines is 1. The first-order chi connectivity index (χ1) is 31.1. The third-order valence-corrected chi connectivity index (χ3v) is 10.7. The number of aliphatic hydroxyl groups excluding tert-OH is 3. The highest BCUT2D eigenvalue weighted by molar-refractivity contribution is 6.03. The number of Topliss-reactive ketones (excluding diaryl/α,β-unsaturated/α-hetero) is 1. The van der Waals surface area contributed by atoms with Gasteiger partial charge >= 0.3 is 12.1 Å². The number of hydrogen-bond donors (Lipinski definition) is 6. The number of amides is 5. The van der Waals surface area contributed by atoms with Crippen molar-refractivity contribution in [2.24, 2.45) is 17.3 Å². The number of nitrogens with one attached hydrogen (secondary N) is 2. The molecule has 2 heterocycles. The van der Waals surface area contributed by atoms with Gasteiger partial charge in [-0.15, -0.1) is 0 Å². The van der Waals surface area contributed by atoms with Crippen molar-refractivity contribution in [1.29, 1.82) is 0 Å². The number of carboxylic acid groups (broad SMARTS) is 1. The van der Waals surface area contributed by atoms with Crippen LogP contribution in [-0.2, 0) is 59.1 Å². The molecule has 3 rings (SSSR count). The van der Waals surface area contributed by atoms with E-state index < -0.39 is 55.3 Å². The second-order valence-corrected chi connectivity index (χ2v) is 17.8. The standard InChI is InChI=1S/C44H69N5O17/c1-27(2)31(50)24-63-26-48(17-16-47(6)7)43(60)64-23-28-12-13-32(65-42-38(56)36(54)37(55)39(66-42)41(58)59)30(21-28)46-34(52)25-62-20-19-61-18-14-45-33(51)11-9-8-10-15-49-35(53)22-29(40(49)57)44(3,4)5/h12-13,21,27,29,36-39,42,54-56H,8-11,14-20,22-26H2,1-7H3,(H,45,51)(H,46,52)(H,58,59)/t29?,36-,37-,38+,39-,42+/m0/s1. The van der Waals surface area contributed by atoms with E-state index in [-0.39, 0.29) is 118 Å². The number of rotatable bonds is 28. The summed E-state index contributed by atoms with van der Waals surface area (Å²) in [4.78, 5) is 91.6. The molecule has 0 aromatic heterocycles. The zero-order valence-corrected chi connectivity index (χ0v) is 39.0. The van der Waals surface area contributed by atoms with Gasteiger partial charge in [0.15, 0.2) is 11.9 Å². The van der Waals surface area contributed by atoms with E-state index in [4.69, 9.17) is 28.4 Å². The van der Waals surface area contributed by atoms with Crippen LogP contribution in [0.5, 0.6) is 5.75 Å². The molecule has 66 heavy (non-hydrogen) atoms. The predicted octanol–water partition coefficient (Wildman–Crippen LogP) is 0.727. The van der Waals surface area contributed by atoms with Crippen LogP contribution in [0.2, 0.25) is 0 Å². The lowest BCUT2D eigenvalue weighted by Crippen LogP contribution is -2.61. The molecular weight excluding hydrogens is 871 g/mol. The molecule has 0 saturated carbocycles. The van der Waals surface area contributed by atoms with Crippen molar-refractivity contribution in [2.75, 3.05) is 85.4 Å². The van der Waals surface area contributed by atoms with E-state index in [9.17, 15) is 54.0 Å². The minimum atomic E-state index is -1.97. The Bertz CT molecular complexity index is 1790. The highest BCUT2D eigenvalue weighted by Gasteiger charge is 2.48. The van der Waals surface area contributed by atoms with Gasteiger partial charge in [0.05, 0.1) is 31.4 Å². The summed E-state index contributed by atoms with van der Waals surface area (Å²) < 4.78 is 32.9. The third-order valence-electron chi connectivity index (χ3n) is 10.7. The first kappa shape index (κ1) is 55.5. The van der Waals surface area contributed by atoms with Crippen molar-refractivity contribution >= 4 is 47.2 Å². The molecular formula is C44H69N5O17. The molecule has 5 amide bonds. The SMILES string of the molecule is CC(C)C(=O)COCN(CCN(C)C)C(=O)OCc1ccc(O[C@@H]2O[C@H](C(=O)O)[C@@H](O)[C@H](O)[C@H]2O)c(NC(=O)COCCOCCNC(=O)CCCCCN2C(=O)CC(C(C)(C)C)C2=O)c1. The first-order valence-electron chi connectivity index (χ1n) is 22.1. The fraction of sp³-hybridized carbons (Fsp3) is 0.705. The maximum absolute atomic E-state index is 13.1. The van der Waals surface area contributed by atoms with Gasteiger partial charge in [-0.2, -0.15) is 0 Å². The number of ketones is 1. The topological polar surface area (TPSA) is 290 Å². The van der Waals surface area contributed by atoms with Crippen LogP contribution in [0.15, 0.2) is 18.2 Å². The zero-order valence-electron chi connectivity index (χ0n) is 39.0. The highest BCUT2D eigenvalue weighted by Crippen LogP contribution is 2.35. The zero-order chi connectivity index (χ0) is 49.1. The van der Waals surface area contributed by atoms with E-state index in [0.29, 0.717) is 37.9 Å². The number of unbranched alkanes of at least 4 members (excludes halogenated alkanes) is 2. The second kappa shape index (κ2) is 27.1. The smallest absolute Gasteiger partial charge is 0.411 e. The van der Waals surface area contributed by atoms with Gasteiger partial charge < -0.3 is 64.4 Å². The quantitative estimate of drug-likeness (QED) is 0.0383. The number of carbonyl (C=O) groups is 7. The van der Waals surface area contributed by atoms with Crippen molar-refractivity contribution in [1.82, 2.24) is 20.0 Å². The molecule has 2 aliphatic heterocycles. The number of likely N-dealkylation sites (N-methyl/N-ethyl adjacent to an activating group) is 1. The van der Waals surface area contributed by atoms with Crippen LogP contribution in [0, 0.1) is 17.3 Å². The summed E-state index contributed by atoms with van der Waals surface area (Å²) in [6, 6.07) is 4.16. The van der Waals surface area contributed by atoms with E-state index in [2.05, 4.69) is 10.6 Å². The Hall–Kier alpha value is -4.81. The Kier molecular flexibility index (Phi) is 22.8. The van der Waals surface area contributed by atoms with Crippen LogP contribution in [0.25, 0.3) is 0 Å². The maximum atomic E-state index is 13.1. The molecule has 2 fully saturated rings. The van der Waals surface area contributed by atoms with E-state index in [1.165, 1.54) is 28.0 Å². The van der Waals surface area contributed by atoms with E-state index in [0.717, 1.165) is 0 Å². The van der Waals surface area contributed by atoms with Crippen LogP contribution in [0.3, 0.4) is 0 Å². The third kappa shape index (κ3) is 18.1. The molecule has 1 aromatic carbocycles. The number of carbonyl (C=O) groups excluding carboxylic acids is 6. The van der Waals surface area contributed by atoms with Crippen molar-refractivity contribution in [2.45, 2.75) is 104 Å². The molecule has 0 bridgehead atoms. The van der Waals surface area contributed by atoms with Gasteiger partial charge in [0.1, 0.15) is 50.6 Å². The van der Waals surface area contributed by atoms with E-state index in [1.54, 1.807) is 13.8 Å². The Balaban J connectivity index is 1.49. The number of aliphatic carboxylic acids is 1. The first-order valence-corrected chi connectivity index (χ1v) is 22.1. The van der Waals surface area contributed by atoms with Gasteiger partial charge in [0, 0.05) is 44.9 Å². The average molecular weight is 940 g/mol. The molecule has 0 spiro atoms. The van der Waals surface area contributed by atoms with Crippen LogP contribution in [-0.4, -0.2) is 187 Å². The summed E-state index contributed by atoms with van der Waals surface area (Å²) in [5.41, 5.74) is 0.0250. The molecule has 372 valence electrons. The van der Waals surface area contributed by atoms with Gasteiger partial charge in [-0.3, -0.25) is 33.8 Å². The van der Waals surface area contributed by atoms with Gasteiger partial charge in [-0.1, -0.05) is 47.1 Å². The Morgan fingerprint density at radius 2 is 1.61 bits per heavy atom. The van der Waals surface area contributed by atoms with Crippen LogP contribution >= 0.6 is 0 Å². The van der Waals surface area contributed by atoms with Crippen LogP contribution in [0.4, 0.5) is 10.5 Å². The molecule has 22 nitrogen and oxygen atoms in total. The molecule has 1 aromatic rings. The lowest BCUT2D eigenvalue weighted by Gasteiger charge is -2.38. The lowest BCUT2D eigenvalue weighted by atomic mass is 9.80. The number of carboxylic acids is 1. The molecule has 6 N–H and O–H groups in total. The van der Waals surface area contributed by atoms with Gasteiger partial charge in [0.25, 0.3) is 0 Å². The normalized spacial score (nSPS) is 21.0. The number of imide groups is 1. The Morgan fingerprint density at radius 1 is 0.894 bits per heavy atom. The highest BCUT2D eigenvalue weighted by atomic mass is 16.7. The van der Waals surface area contributed by atoms with Gasteiger partial charge in [-0.05, 0) is 50.0 Å². The van der Waals surface area contributed by atoms with E-state index >= 15 is 0 Å². The molecule has 1 unspecified atom stereocenters. The van der Waals surface area contributed by atoms with Crippen molar-refractivity contribution < 1.29 is 82.4 Å². The van der Waals surface area contributed by atoms with Gasteiger partial charge in [-0.25, -0.2) is 9.59 Å². The van der Waals surface area contributed by atoms with Gasteiger partial charge in [0.2, 0.25) is 29.9 Å². The number of aliphatic hydroxyl groups is 3. The summed E-state index contributed by atoms with van der Waals surface area (Å²) in [5.74, 6) is -3.59. The monoisotopic (exact) mass is 939 g/mol. The summed E-state index contributed by atoms with van der Waals surface area (Å²) in [7, 11) is 3.64. The Labute approximate surface area is 385 Å². The largest absolute Gasteiger partial charge is 0.479 e. The van der Waals surface area contributed by atoms with Crippen molar-refractivity contribution in [3.8, 4) is 5.75 Å². The van der Waals surface area contributed by atoms with Crippen LogP contribution < -0.4 is 15.4 Å². The summed E-state index contributed by atoms with van der Waals surface area (Å²) in [6.45, 7) is 9.67. The molecule has 2 aliphatic rings. The lowest BCUT2D eigenvalue weighted by molar-refractivity contribution is -0.271. The summed E-state index contributed by atoms with van der Waals surface area (Å²) in [6.07, 6.45) is -7.93. The van der Waals surface area contributed by atoms with Crippen molar-refractivity contribution in [3.63, 3.8) is 0 Å². The minimum absolute atomic E-state index is 0.00218. The number of benzene rings is 1. The maximum Gasteiger partial charge on any atom is 0.411 e. The summed E-state index contributed by atoms with van der Waals surface area (Å²) >= 11 is 0.